The van der Waals surface area contributed by atoms with Crippen LogP contribution < -0.4 is 0 Å². The minimum Gasteiger partial charge on any atom is -0.412 e. The van der Waals surface area contributed by atoms with E-state index in [4.69, 9.17) is 8.61 Å². The molecule has 1 aliphatic heterocycles. The molecule has 1 saturated carbocycles. The van der Waals surface area contributed by atoms with Crippen LogP contribution in [0.2, 0.25) is 18.1 Å². The Morgan fingerprint density at radius 1 is 1.06 bits per heavy atom. The van der Waals surface area contributed by atoms with Gasteiger partial charge in [0, 0.05) is 19.4 Å². The number of Topliss-reactive ketones (excluding diaryl/α,β-unsaturated/α-hetero) is 1. The van der Waals surface area contributed by atoms with Crippen LogP contribution in [0.25, 0.3) is 0 Å². The Hall–Kier alpha value is -1.11. The van der Waals surface area contributed by atoms with E-state index in [9.17, 15) is 21.6 Å². The molecule has 3 atom stereocenters. The van der Waals surface area contributed by atoms with Crippen molar-refractivity contribution in [1.82, 2.24) is 4.31 Å². The first kappa shape index (κ1) is 28.5. The molecular formula is C24H39NO7S2Si. The molecule has 0 N–H and O–H groups in total. The fourth-order valence-corrected chi connectivity index (χ4v) is 8.67. The molecule has 1 heterocycles. The number of nitrogens with zero attached hydrogens (tertiary/aromatic N) is 1. The van der Waals surface area contributed by atoms with Crippen LogP contribution in [0.4, 0.5) is 0 Å². The van der Waals surface area contributed by atoms with E-state index < -0.39 is 46.2 Å². The molecule has 198 valence electrons. The van der Waals surface area contributed by atoms with Crippen molar-refractivity contribution in [2.75, 3.05) is 12.8 Å². The number of ketones is 1. The van der Waals surface area contributed by atoms with Crippen molar-refractivity contribution in [3.8, 4) is 0 Å². The van der Waals surface area contributed by atoms with Crippen molar-refractivity contribution in [2.24, 2.45) is 0 Å². The minimum absolute atomic E-state index is 0.0297. The number of sulfonamides is 1. The van der Waals surface area contributed by atoms with E-state index in [1.54, 1.807) is 12.1 Å². The standard InChI is InChI=1S/C24H39NO7S2Si/c1-18-11-13-20(14-12-18)34(29,30)25-17-19(32-35(6,7)23(2,3)4)16-22(31-33(5,27)28)24(25)15-9-8-10-21(24)26/h11-14,19,22H,8-10,15-17H2,1-7H3/t19-,22-,24-/m0/s1. The molecule has 1 aliphatic carbocycles. The molecular weight excluding hydrogens is 506 g/mol. The maximum Gasteiger partial charge on any atom is 0.264 e. The van der Waals surface area contributed by atoms with Crippen LogP contribution in [0.1, 0.15) is 58.4 Å². The first-order chi connectivity index (χ1) is 15.9. The van der Waals surface area contributed by atoms with Gasteiger partial charge in [-0.25, -0.2) is 8.42 Å². The Balaban J connectivity index is 2.17. The SMILES string of the molecule is Cc1ccc(S(=O)(=O)N2C[C@@H](O[Si](C)(C)C(C)(C)C)C[C@H](OS(C)(=O)=O)[C@@]23CCCCC3=O)cc1. The summed E-state index contributed by atoms with van der Waals surface area (Å²) in [5, 5.41) is -0.142. The summed E-state index contributed by atoms with van der Waals surface area (Å²) in [6, 6.07) is 6.47. The van der Waals surface area contributed by atoms with Gasteiger partial charge >= 0.3 is 0 Å². The van der Waals surface area contributed by atoms with Crippen molar-refractivity contribution in [2.45, 2.75) is 101 Å². The highest BCUT2D eigenvalue weighted by Crippen LogP contribution is 2.46. The third-order valence-corrected chi connectivity index (χ3v) is 14.7. The van der Waals surface area contributed by atoms with Crippen LogP contribution in [0.3, 0.4) is 0 Å². The molecule has 0 amide bonds. The number of hydrogen-bond donors (Lipinski definition) is 0. The molecule has 3 rings (SSSR count). The van der Waals surface area contributed by atoms with Gasteiger partial charge in [0.1, 0.15) is 11.6 Å². The second kappa shape index (κ2) is 9.64. The number of carbonyl (C=O) groups excluding carboxylic acids is 1. The van der Waals surface area contributed by atoms with Crippen molar-refractivity contribution in [3.63, 3.8) is 0 Å². The third-order valence-electron chi connectivity index (χ3n) is 7.69. The predicted molar refractivity (Wildman–Crippen MR) is 138 cm³/mol. The van der Waals surface area contributed by atoms with E-state index in [0.717, 1.165) is 11.8 Å². The van der Waals surface area contributed by atoms with Crippen LogP contribution >= 0.6 is 0 Å². The van der Waals surface area contributed by atoms with Gasteiger partial charge in [0.25, 0.3) is 10.1 Å². The number of hydrogen-bond acceptors (Lipinski definition) is 7. The Morgan fingerprint density at radius 2 is 1.66 bits per heavy atom. The van der Waals surface area contributed by atoms with Gasteiger partial charge in [0.2, 0.25) is 10.0 Å². The third kappa shape index (κ3) is 5.75. The zero-order valence-electron chi connectivity index (χ0n) is 21.8. The molecule has 2 fully saturated rings. The predicted octanol–water partition coefficient (Wildman–Crippen LogP) is 4.01. The smallest absolute Gasteiger partial charge is 0.264 e. The lowest BCUT2D eigenvalue weighted by molar-refractivity contribution is -0.144. The van der Waals surface area contributed by atoms with Gasteiger partial charge in [-0.05, 0) is 50.0 Å². The van der Waals surface area contributed by atoms with Crippen molar-refractivity contribution < 1.29 is 30.2 Å². The van der Waals surface area contributed by atoms with E-state index in [2.05, 4.69) is 33.9 Å². The van der Waals surface area contributed by atoms with Crippen LogP contribution in [0, 0.1) is 6.92 Å². The molecule has 0 radical (unpaired) electrons. The summed E-state index contributed by atoms with van der Waals surface area (Å²) in [6.07, 6.45) is 0.923. The molecule has 1 spiro atoms. The second-order valence-corrected chi connectivity index (χ2v) is 19.6. The quantitative estimate of drug-likeness (QED) is 0.393. The summed E-state index contributed by atoms with van der Waals surface area (Å²) in [4.78, 5) is 13.6. The molecule has 11 heteroatoms. The number of aryl methyl sites for hydroxylation is 1. The van der Waals surface area contributed by atoms with Gasteiger partial charge in [-0.3, -0.25) is 8.98 Å². The number of benzene rings is 1. The topological polar surface area (TPSA) is 107 Å². The van der Waals surface area contributed by atoms with Gasteiger partial charge in [-0.2, -0.15) is 12.7 Å². The lowest BCUT2D eigenvalue weighted by atomic mass is 9.73. The van der Waals surface area contributed by atoms with Crippen molar-refractivity contribution >= 4 is 34.2 Å². The largest absolute Gasteiger partial charge is 0.412 e. The average Bonchev–Trinajstić information content (AvgIpc) is 2.70. The molecule has 35 heavy (non-hydrogen) atoms. The summed E-state index contributed by atoms with van der Waals surface area (Å²) in [7, 11) is -10.5. The van der Waals surface area contributed by atoms with Gasteiger partial charge in [-0.15, -0.1) is 0 Å². The highest BCUT2D eigenvalue weighted by molar-refractivity contribution is 7.89. The van der Waals surface area contributed by atoms with E-state index in [1.165, 1.54) is 16.4 Å². The Labute approximate surface area is 211 Å². The number of piperidine rings is 1. The first-order valence-corrected chi connectivity index (χ1v) is 18.3. The lowest BCUT2D eigenvalue weighted by Gasteiger charge is -2.53. The van der Waals surface area contributed by atoms with Crippen LogP contribution in [-0.4, -0.2) is 65.8 Å². The zero-order valence-corrected chi connectivity index (χ0v) is 24.5. The summed E-state index contributed by atoms with van der Waals surface area (Å²) in [5.74, 6) is -0.293. The minimum atomic E-state index is -4.16. The highest BCUT2D eigenvalue weighted by Gasteiger charge is 2.60. The maximum absolute atomic E-state index is 14.1. The van der Waals surface area contributed by atoms with Crippen molar-refractivity contribution in [3.05, 3.63) is 29.8 Å². The molecule has 0 aromatic heterocycles. The van der Waals surface area contributed by atoms with E-state index in [1.807, 2.05) is 6.92 Å². The average molecular weight is 546 g/mol. The lowest BCUT2D eigenvalue weighted by Crippen LogP contribution is -2.71. The number of carbonyl (C=O) groups is 1. The highest BCUT2D eigenvalue weighted by atomic mass is 32.2. The maximum atomic E-state index is 14.1. The monoisotopic (exact) mass is 545 g/mol. The molecule has 0 bridgehead atoms. The normalized spacial score (nSPS) is 27.3. The molecule has 1 aromatic rings. The fraction of sp³-hybridized carbons (Fsp3) is 0.708. The Morgan fingerprint density at radius 3 is 2.17 bits per heavy atom. The molecule has 0 unspecified atom stereocenters. The van der Waals surface area contributed by atoms with Gasteiger partial charge in [0.05, 0.1) is 17.3 Å². The molecule has 8 nitrogen and oxygen atoms in total. The Kier molecular flexibility index (Phi) is 7.84. The van der Waals surface area contributed by atoms with Crippen molar-refractivity contribution in [1.29, 1.82) is 0 Å². The molecule has 1 aromatic carbocycles. The first-order valence-electron chi connectivity index (χ1n) is 12.1. The summed E-state index contributed by atoms with van der Waals surface area (Å²) < 4.78 is 66.1. The van der Waals surface area contributed by atoms with Crippen LogP contribution in [0.15, 0.2) is 29.2 Å². The zero-order chi connectivity index (χ0) is 26.4. The van der Waals surface area contributed by atoms with Gasteiger partial charge in [-0.1, -0.05) is 44.9 Å². The molecule has 2 aliphatic rings. The van der Waals surface area contributed by atoms with E-state index in [-0.39, 0.29) is 41.5 Å². The van der Waals surface area contributed by atoms with Crippen LogP contribution in [0.5, 0.6) is 0 Å². The van der Waals surface area contributed by atoms with Crippen LogP contribution in [-0.2, 0) is 33.5 Å². The molecule has 1 saturated heterocycles. The van der Waals surface area contributed by atoms with E-state index in [0.29, 0.717) is 12.8 Å². The summed E-state index contributed by atoms with van der Waals surface area (Å²) in [6.45, 7) is 12.2. The fourth-order valence-electron chi connectivity index (χ4n) is 4.82. The summed E-state index contributed by atoms with van der Waals surface area (Å²) in [5.41, 5.74) is -0.679. The van der Waals surface area contributed by atoms with Gasteiger partial charge in [0.15, 0.2) is 14.1 Å². The van der Waals surface area contributed by atoms with Gasteiger partial charge < -0.3 is 4.43 Å². The summed E-state index contributed by atoms with van der Waals surface area (Å²) >= 11 is 0. The van der Waals surface area contributed by atoms with E-state index >= 15 is 0 Å². The second-order valence-electron chi connectivity index (χ2n) is 11.4. The number of rotatable bonds is 6. The Bertz CT molecular complexity index is 1160.